The van der Waals surface area contributed by atoms with Gasteiger partial charge in [-0.15, -0.1) is 0 Å². The van der Waals surface area contributed by atoms with Crippen LogP contribution < -0.4 is 0 Å². The standard InChI is InChI=1S/C20H14N4O4/c25-18-13-22-17(4-2-10-23-12-9-21-14-23)19(26)24(18)11-1-3-15-5-7-16(8-6-15)20(27)28/h5-9,12-14,17H,3,10H2,(H,27,28). The van der Waals surface area contributed by atoms with Crippen LogP contribution in [0.2, 0.25) is 0 Å². The molecule has 0 fully saturated rings. The summed E-state index contributed by atoms with van der Waals surface area (Å²) in [5, 5.41) is 8.88. The Morgan fingerprint density at radius 1 is 1.18 bits per heavy atom. The van der Waals surface area contributed by atoms with Crippen LogP contribution in [0.3, 0.4) is 0 Å². The summed E-state index contributed by atoms with van der Waals surface area (Å²) in [5.41, 5.74) is 0.936. The fourth-order valence-corrected chi connectivity index (χ4v) is 2.30. The number of carboxylic acids is 1. The third kappa shape index (κ3) is 4.51. The van der Waals surface area contributed by atoms with Crippen LogP contribution in [-0.2, 0) is 22.6 Å². The molecular formula is C20H14N4O4. The van der Waals surface area contributed by atoms with Crippen molar-refractivity contribution in [3.8, 4) is 23.8 Å². The first-order valence-corrected chi connectivity index (χ1v) is 8.20. The van der Waals surface area contributed by atoms with E-state index in [1.165, 1.54) is 12.1 Å². The maximum absolute atomic E-state index is 12.4. The fraction of sp³-hybridized carbons (Fsp3) is 0.150. The lowest BCUT2D eigenvalue weighted by molar-refractivity contribution is -0.137. The summed E-state index contributed by atoms with van der Waals surface area (Å²) in [4.78, 5) is 43.7. The molecule has 0 saturated heterocycles. The first-order chi connectivity index (χ1) is 13.5. The fourth-order valence-electron chi connectivity index (χ4n) is 2.30. The maximum Gasteiger partial charge on any atom is 0.335 e. The lowest BCUT2D eigenvalue weighted by atomic mass is 10.1. The minimum Gasteiger partial charge on any atom is -0.478 e. The first kappa shape index (κ1) is 18.6. The van der Waals surface area contributed by atoms with Crippen molar-refractivity contribution in [2.45, 2.75) is 19.0 Å². The summed E-state index contributed by atoms with van der Waals surface area (Å²) in [6.07, 6.45) is 6.26. The minimum atomic E-state index is -1.01. The van der Waals surface area contributed by atoms with Gasteiger partial charge in [-0.3, -0.25) is 14.6 Å². The van der Waals surface area contributed by atoms with Gasteiger partial charge in [0.2, 0.25) is 0 Å². The molecule has 0 bridgehead atoms. The Kier molecular flexibility index (Phi) is 5.63. The zero-order chi connectivity index (χ0) is 19.9. The van der Waals surface area contributed by atoms with Crippen LogP contribution in [0.5, 0.6) is 0 Å². The number of rotatable bonds is 3. The highest BCUT2D eigenvalue weighted by atomic mass is 16.4. The Morgan fingerprint density at radius 2 is 1.96 bits per heavy atom. The molecule has 1 aliphatic heterocycles. The number of nitrogens with zero attached hydrogens (tertiary/aromatic N) is 4. The molecule has 1 aromatic carbocycles. The molecule has 0 spiro atoms. The highest BCUT2D eigenvalue weighted by Gasteiger charge is 2.29. The average molecular weight is 374 g/mol. The molecule has 8 heteroatoms. The molecule has 1 unspecified atom stereocenters. The number of hydrogen-bond acceptors (Lipinski definition) is 5. The van der Waals surface area contributed by atoms with Crippen LogP contribution in [0, 0.1) is 23.8 Å². The van der Waals surface area contributed by atoms with Gasteiger partial charge in [-0.2, -0.15) is 4.90 Å². The predicted octanol–water partition coefficient (Wildman–Crippen LogP) is 0.596. The topological polar surface area (TPSA) is 105 Å². The van der Waals surface area contributed by atoms with E-state index in [2.05, 4.69) is 33.8 Å². The van der Waals surface area contributed by atoms with Crippen LogP contribution in [0.15, 0.2) is 48.0 Å². The predicted molar refractivity (Wildman–Crippen MR) is 99.0 cm³/mol. The van der Waals surface area contributed by atoms with Gasteiger partial charge in [0, 0.05) is 24.9 Å². The maximum atomic E-state index is 12.4. The third-order valence-electron chi connectivity index (χ3n) is 3.75. The molecule has 2 amide bonds. The van der Waals surface area contributed by atoms with Crippen molar-refractivity contribution in [1.29, 1.82) is 0 Å². The minimum absolute atomic E-state index is 0.173. The number of imidazole rings is 1. The number of carbonyl (C=O) groups is 3. The molecular weight excluding hydrogens is 360 g/mol. The molecule has 0 saturated carbocycles. The normalized spacial score (nSPS) is 15.4. The summed E-state index contributed by atoms with van der Waals surface area (Å²) in [6.45, 7) is 0.352. The Bertz CT molecular complexity index is 1050. The van der Waals surface area contributed by atoms with E-state index in [0.29, 0.717) is 6.54 Å². The molecule has 8 nitrogen and oxygen atoms in total. The Morgan fingerprint density at radius 3 is 2.64 bits per heavy atom. The molecule has 1 N–H and O–H groups in total. The first-order valence-electron chi connectivity index (χ1n) is 8.20. The van der Waals surface area contributed by atoms with Crippen LogP contribution in [0.25, 0.3) is 0 Å². The van der Waals surface area contributed by atoms with E-state index < -0.39 is 23.8 Å². The Balaban J connectivity index is 1.65. The largest absolute Gasteiger partial charge is 0.478 e. The highest BCUT2D eigenvalue weighted by Crippen LogP contribution is 2.06. The van der Waals surface area contributed by atoms with Crippen LogP contribution in [0.1, 0.15) is 15.9 Å². The lowest BCUT2D eigenvalue weighted by Gasteiger charge is -2.17. The summed E-state index contributed by atoms with van der Waals surface area (Å²) >= 11 is 0. The molecule has 1 atom stereocenters. The molecule has 2 heterocycles. The van der Waals surface area contributed by atoms with E-state index in [0.717, 1.165) is 16.7 Å². The van der Waals surface area contributed by atoms with Crippen LogP contribution >= 0.6 is 0 Å². The number of carboxylic acid groups (broad SMARTS) is 1. The van der Waals surface area contributed by atoms with Gasteiger partial charge < -0.3 is 9.67 Å². The second-order valence-corrected chi connectivity index (χ2v) is 5.72. The van der Waals surface area contributed by atoms with Gasteiger partial charge in [-0.1, -0.05) is 29.9 Å². The van der Waals surface area contributed by atoms with Crippen LogP contribution in [0.4, 0.5) is 0 Å². The van der Waals surface area contributed by atoms with Gasteiger partial charge in [0.05, 0.1) is 24.7 Å². The van der Waals surface area contributed by atoms with Crippen molar-refractivity contribution < 1.29 is 19.5 Å². The highest BCUT2D eigenvalue weighted by molar-refractivity contribution is 6.33. The molecule has 0 aliphatic carbocycles. The molecule has 2 aromatic rings. The number of aromatic nitrogens is 2. The van der Waals surface area contributed by atoms with E-state index in [-0.39, 0.29) is 12.0 Å². The summed E-state index contributed by atoms with van der Waals surface area (Å²) in [7, 11) is 0. The van der Waals surface area contributed by atoms with E-state index in [1.807, 2.05) is 0 Å². The number of benzene rings is 1. The van der Waals surface area contributed by atoms with Crippen molar-refractivity contribution in [3.63, 3.8) is 0 Å². The quantitative estimate of drug-likeness (QED) is 0.626. The van der Waals surface area contributed by atoms with E-state index in [4.69, 9.17) is 5.11 Å². The van der Waals surface area contributed by atoms with Crippen molar-refractivity contribution in [2.24, 2.45) is 4.99 Å². The number of amides is 2. The third-order valence-corrected chi connectivity index (χ3v) is 3.75. The number of aromatic carboxylic acids is 1. The van der Waals surface area contributed by atoms with Gasteiger partial charge >= 0.3 is 5.97 Å². The number of carbonyl (C=O) groups excluding carboxylic acids is 2. The summed E-state index contributed by atoms with van der Waals surface area (Å²) in [5.74, 6) is 6.06. The van der Waals surface area contributed by atoms with Crippen molar-refractivity contribution in [3.05, 3.63) is 54.1 Å². The van der Waals surface area contributed by atoms with E-state index in [1.54, 1.807) is 35.4 Å². The van der Waals surface area contributed by atoms with Crippen LogP contribution in [-0.4, -0.2) is 49.6 Å². The molecule has 1 aromatic heterocycles. The number of hydrogen-bond donors (Lipinski definition) is 1. The van der Waals surface area contributed by atoms with Gasteiger partial charge in [0.15, 0.2) is 6.04 Å². The zero-order valence-electron chi connectivity index (χ0n) is 14.6. The van der Waals surface area contributed by atoms with Gasteiger partial charge in [0.25, 0.3) is 11.8 Å². The van der Waals surface area contributed by atoms with Gasteiger partial charge in [-0.25, -0.2) is 9.78 Å². The Labute approximate surface area is 160 Å². The molecule has 0 radical (unpaired) electrons. The van der Waals surface area contributed by atoms with Gasteiger partial charge in [0.1, 0.15) is 0 Å². The van der Waals surface area contributed by atoms with Gasteiger partial charge in [-0.05, 0) is 17.7 Å². The monoisotopic (exact) mass is 374 g/mol. The molecule has 1 aliphatic rings. The Hall–Kier alpha value is -4.17. The second kappa shape index (κ2) is 8.47. The average Bonchev–Trinajstić information content (AvgIpc) is 3.20. The summed E-state index contributed by atoms with van der Waals surface area (Å²) < 4.78 is 1.74. The van der Waals surface area contributed by atoms with E-state index >= 15 is 0 Å². The molecule has 138 valence electrons. The van der Waals surface area contributed by atoms with Crippen molar-refractivity contribution in [1.82, 2.24) is 14.5 Å². The molecule has 28 heavy (non-hydrogen) atoms. The summed E-state index contributed by atoms with van der Waals surface area (Å²) in [6, 6.07) is 7.75. The second-order valence-electron chi connectivity index (χ2n) is 5.72. The molecule has 3 rings (SSSR count). The van der Waals surface area contributed by atoms with E-state index in [9.17, 15) is 14.4 Å². The number of aliphatic imine (C=N–C) groups is 1. The number of imide groups is 1. The zero-order valence-corrected chi connectivity index (χ0v) is 14.6. The SMILES string of the molecule is O=C(O)c1ccc(CC#CN2C(=O)C=NC(C#CCn3ccnc3)C2=O)cc1. The smallest absolute Gasteiger partial charge is 0.335 e. The lowest BCUT2D eigenvalue weighted by Crippen LogP contribution is -2.43. The van der Waals surface area contributed by atoms with Crippen molar-refractivity contribution >= 4 is 24.0 Å². The van der Waals surface area contributed by atoms with Crippen molar-refractivity contribution in [2.75, 3.05) is 0 Å².